The van der Waals surface area contributed by atoms with E-state index in [-0.39, 0.29) is 11.8 Å². The van der Waals surface area contributed by atoms with Crippen LogP contribution in [0.3, 0.4) is 0 Å². The van der Waals surface area contributed by atoms with Gasteiger partial charge in [-0.2, -0.15) is 0 Å². The first kappa shape index (κ1) is 19.8. The number of halogens is 1. The highest BCUT2D eigenvalue weighted by Gasteiger charge is 2.25. The molecule has 0 aromatic heterocycles. The summed E-state index contributed by atoms with van der Waals surface area (Å²) < 4.78 is 5.82. The van der Waals surface area contributed by atoms with Crippen LogP contribution in [-0.2, 0) is 9.59 Å². The second-order valence-electron chi connectivity index (χ2n) is 6.96. The lowest BCUT2D eigenvalue weighted by Gasteiger charge is -2.22. The molecule has 6 heteroatoms. The molecule has 1 atom stereocenters. The highest BCUT2D eigenvalue weighted by atomic mass is 35.5. The Morgan fingerprint density at radius 3 is 2.19 bits per heavy atom. The third kappa shape index (κ3) is 5.23. The molecule has 0 saturated heterocycles. The minimum absolute atomic E-state index is 0.194. The van der Waals surface area contributed by atoms with Crippen molar-refractivity contribution in [1.29, 1.82) is 0 Å². The van der Waals surface area contributed by atoms with Crippen molar-refractivity contribution >= 4 is 29.1 Å². The molecule has 0 aliphatic rings. The molecule has 0 bridgehead atoms. The number of amides is 2. The molecule has 2 amide bonds. The van der Waals surface area contributed by atoms with Crippen LogP contribution in [0.1, 0.15) is 27.7 Å². The van der Waals surface area contributed by atoms with E-state index in [2.05, 4.69) is 10.6 Å². The van der Waals surface area contributed by atoms with Gasteiger partial charge in [-0.05, 0) is 31.2 Å². The van der Waals surface area contributed by atoms with Gasteiger partial charge in [-0.1, -0.05) is 56.6 Å². The molecular formula is C20H23ClN2O3. The first-order chi connectivity index (χ1) is 12.2. The van der Waals surface area contributed by atoms with Gasteiger partial charge in [0.2, 0.25) is 11.8 Å². The summed E-state index contributed by atoms with van der Waals surface area (Å²) in [7, 11) is 0. The average molecular weight is 375 g/mol. The molecule has 0 heterocycles. The van der Waals surface area contributed by atoms with E-state index < -0.39 is 11.5 Å². The zero-order valence-electron chi connectivity index (χ0n) is 15.3. The smallest absolute Gasteiger partial charge is 0.246 e. The Labute approximate surface area is 158 Å². The normalized spacial score (nSPS) is 12.2. The van der Waals surface area contributed by atoms with Crippen molar-refractivity contribution in [3.63, 3.8) is 0 Å². The summed E-state index contributed by atoms with van der Waals surface area (Å²) in [5, 5.41) is 5.96. The molecule has 2 aromatic rings. The van der Waals surface area contributed by atoms with Crippen LogP contribution in [0.2, 0.25) is 5.02 Å². The summed E-state index contributed by atoms with van der Waals surface area (Å²) in [6.45, 7) is 7.01. The second kappa shape index (κ2) is 8.23. The van der Waals surface area contributed by atoms with Gasteiger partial charge in [0, 0.05) is 5.41 Å². The molecule has 0 radical (unpaired) electrons. The standard InChI is InChI=1S/C20H23ClN2O3/c1-13(22-19(25)20(2,3)4)18(24)23-15-10-6-8-12-17(15)26-16-11-7-5-9-14(16)21/h5-13H,1-4H3,(H,22,25)(H,23,24). The van der Waals surface area contributed by atoms with E-state index in [4.69, 9.17) is 16.3 Å². The van der Waals surface area contributed by atoms with Gasteiger partial charge in [-0.15, -0.1) is 0 Å². The van der Waals surface area contributed by atoms with Gasteiger partial charge >= 0.3 is 0 Å². The van der Waals surface area contributed by atoms with Gasteiger partial charge in [0.25, 0.3) is 0 Å². The summed E-state index contributed by atoms with van der Waals surface area (Å²) in [5.41, 5.74) is -0.0751. The first-order valence-corrected chi connectivity index (χ1v) is 8.69. The van der Waals surface area contributed by atoms with Gasteiger partial charge in [-0.3, -0.25) is 9.59 Å². The van der Waals surface area contributed by atoms with Crippen LogP contribution in [0, 0.1) is 5.41 Å². The van der Waals surface area contributed by atoms with Crippen LogP contribution in [0.25, 0.3) is 0 Å². The maximum absolute atomic E-state index is 12.4. The average Bonchev–Trinajstić information content (AvgIpc) is 2.57. The second-order valence-corrected chi connectivity index (χ2v) is 7.37. The van der Waals surface area contributed by atoms with Crippen LogP contribution in [0.5, 0.6) is 11.5 Å². The van der Waals surface area contributed by atoms with Gasteiger partial charge in [0.15, 0.2) is 5.75 Å². The fourth-order valence-corrected chi connectivity index (χ4v) is 2.20. The van der Waals surface area contributed by atoms with Gasteiger partial charge in [-0.25, -0.2) is 0 Å². The number of ether oxygens (including phenoxy) is 1. The quantitative estimate of drug-likeness (QED) is 0.802. The molecular weight excluding hydrogens is 352 g/mol. The maximum atomic E-state index is 12.4. The third-order valence-corrected chi connectivity index (χ3v) is 3.94. The lowest BCUT2D eigenvalue weighted by molar-refractivity contribution is -0.131. The summed E-state index contributed by atoms with van der Waals surface area (Å²) in [6, 6.07) is 13.4. The predicted octanol–water partition coefficient (Wildman–Crippen LogP) is 4.62. The van der Waals surface area contributed by atoms with E-state index in [0.29, 0.717) is 22.2 Å². The lowest BCUT2D eigenvalue weighted by atomic mass is 9.95. The Balaban J connectivity index is 2.11. The van der Waals surface area contributed by atoms with Crippen LogP contribution in [0.15, 0.2) is 48.5 Å². The number of hydrogen-bond donors (Lipinski definition) is 2. The minimum Gasteiger partial charge on any atom is -0.454 e. The van der Waals surface area contributed by atoms with E-state index in [9.17, 15) is 9.59 Å². The monoisotopic (exact) mass is 374 g/mol. The lowest BCUT2D eigenvalue weighted by Crippen LogP contribution is -2.46. The van der Waals surface area contributed by atoms with Gasteiger partial charge < -0.3 is 15.4 Å². The van der Waals surface area contributed by atoms with Crippen LogP contribution >= 0.6 is 11.6 Å². The fraction of sp³-hybridized carbons (Fsp3) is 0.300. The number of carbonyl (C=O) groups is 2. The van der Waals surface area contributed by atoms with E-state index >= 15 is 0 Å². The number of rotatable bonds is 5. The number of anilines is 1. The predicted molar refractivity (Wildman–Crippen MR) is 104 cm³/mol. The Hall–Kier alpha value is -2.53. The molecule has 2 aromatic carbocycles. The SMILES string of the molecule is CC(NC(=O)C(C)(C)C)C(=O)Nc1ccccc1Oc1ccccc1Cl. The molecule has 0 saturated carbocycles. The highest BCUT2D eigenvalue weighted by Crippen LogP contribution is 2.33. The summed E-state index contributed by atoms with van der Waals surface area (Å²) in [5.74, 6) is 0.423. The van der Waals surface area contributed by atoms with E-state index in [1.807, 2.05) is 12.1 Å². The zero-order valence-corrected chi connectivity index (χ0v) is 16.1. The highest BCUT2D eigenvalue weighted by molar-refractivity contribution is 6.32. The maximum Gasteiger partial charge on any atom is 0.246 e. The van der Waals surface area contributed by atoms with Crippen molar-refractivity contribution in [1.82, 2.24) is 5.32 Å². The number of para-hydroxylation sites is 3. The van der Waals surface area contributed by atoms with Crippen molar-refractivity contribution in [2.45, 2.75) is 33.7 Å². The molecule has 5 nitrogen and oxygen atoms in total. The molecule has 1 unspecified atom stereocenters. The van der Waals surface area contributed by atoms with Crippen molar-refractivity contribution in [2.75, 3.05) is 5.32 Å². The summed E-state index contributed by atoms with van der Waals surface area (Å²) in [6.07, 6.45) is 0. The number of hydrogen-bond acceptors (Lipinski definition) is 3. The van der Waals surface area contributed by atoms with Crippen LogP contribution < -0.4 is 15.4 Å². The van der Waals surface area contributed by atoms with Crippen LogP contribution in [0.4, 0.5) is 5.69 Å². The van der Waals surface area contributed by atoms with E-state index in [1.165, 1.54) is 0 Å². The van der Waals surface area contributed by atoms with E-state index in [0.717, 1.165) is 0 Å². The molecule has 0 aliphatic carbocycles. The molecule has 0 fully saturated rings. The molecule has 138 valence electrons. The topological polar surface area (TPSA) is 67.4 Å². The Bertz CT molecular complexity index is 800. The number of carbonyl (C=O) groups excluding carboxylic acids is 2. The number of benzene rings is 2. The van der Waals surface area contributed by atoms with Gasteiger partial charge in [0.05, 0.1) is 10.7 Å². The summed E-state index contributed by atoms with van der Waals surface area (Å²) >= 11 is 6.12. The first-order valence-electron chi connectivity index (χ1n) is 8.31. The molecule has 2 rings (SSSR count). The Kier molecular flexibility index (Phi) is 6.27. The Morgan fingerprint density at radius 1 is 1.00 bits per heavy atom. The Morgan fingerprint density at radius 2 is 1.58 bits per heavy atom. The largest absolute Gasteiger partial charge is 0.454 e. The zero-order chi connectivity index (χ0) is 19.3. The number of nitrogens with one attached hydrogen (secondary N) is 2. The van der Waals surface area contributed by atoms with E-state index in [1.54, 1.807) is 64.1 Å². The van der Waals surface area contributed by atoms with Crippen molar-refractivity contribution in [3.8, 4) is 11.5 Å². The van der Waals surface area contributed by atoms with Crippen molar-refractivity contribution < 1.29 is 14.3 Å². The van der Waals surface area contributed by atoms with Crippen LogP contribution in [-0.4, -0.2) is 17.9 Å². The third-order valence-electron chi connectivity index (χ3n) is 3.62. The molecule has 26 heavy (non-hydrogen) atoms. The minimum atomic E-state index is -0.685. The molecule has 2 N–H and O–H groups in total. The van der Waals surface area contributed by atoms with Gasteiger partial charge in [0.1, 0.15) is 11.8 Å². The fourth-order valence-electron chi connectivity index (χ4n) is 2.02. The summed E-state index contributed by atoms with van der Waals surface area (Å²) in [4.78, 5) is 24.5. The molecule has 0 spiro atoms. The van der Waals surface area contributed by atoms with Crippen molar-refractivity contribution in [3.05, 3.63) is 53.6 Å². The molecule has 0 aliphatic heterocycles. The van der Waals surface area contributed by atoms with Crippen molar-refractivity contribution in [2.24, 2.45) is 5.41 Å².